The van der Waals surface area contributed by atoms with Gasteiger partial charge in [0.05, 0.1) is 21.3 Å². The number of non-ortho nitro benzene ring substituents is 1. The molecule has 0 aromatic heterocycles. The van der Waals surface area contributed by atoms with E-state index in [4.69, 9.17) is 5.73 Å². The average Bonchev–Trinajstić information content (AvgIpc) is 2.67. The quantitative estimate of drug-likeness (QED) is 0.0800. The van der Waals surface area contributed by atoms with E-state index in [-0.39, 0.29) is 74.5 Å². The Kier molecular flexibility index (Phi) is 10.5. The second kappa shape index (κ2) is 11.5. The smallest absolute Gasteiger partial charge is 0.505 e. The normalized spacial score (nSPS) is 10.7. The molecule has 0 spiro atoms. The van der Waals surface area contributed by atoms with Gasteiger partial charge in [-0.25, -0.2) is 0 Å². The van der Waals surface area contributed by atoms with Gasteiger partial charge in [0.15, 0.2) is 5.75 Å². The van der Waals surface area contributed by atoms with Gasteiger partial charge >= 0.3 is 35.2 Å². The van der Waals surface area contributed by atoms with Crippen molar-refractivity contribution in [3.8, 4) is 11.5 Å². The molecule has 0 fully saturated rings. The van der Waals surface area contributed by atoms with Gasteiger partial charge in [0.2, 0.25) is 5.75 Å². The van der Waals surface area contributed by atoms with Crippen molar-refractivity contribution in [2.24, 2.45) is 10.2 Å². The maximum absolute atomic E-state index is 11.5. The minimum atomic E-state index is -4.64. The van der Waals surface area contributed by atoms with Gasteiger partial charge in [-0.1, -0.05) is 6.07 Å². The van der Waals surface area contributed by atoms with Crippen molar-refractivity contribution in [1.82, 2.24) is 0 Å². The fraction of sp³-hybridized carbons (Fsp3) is 0. The number of nitrogens with two attached hydrogens (primary N) is 1. The molecule has 0 atom stereocenters. The molecule has 3 aromatic rings. The third-order valence-electron chi connectivity index (χ3n) is 4.13. The van der Waals surface area contributed by atoms with Crippen LogP contribution in [0.25, 0.3) is 10.8 Å². The summed E-state index contributed by atoms with van der Waals surface area (Å²) < 4.78 is 32.4. The summed E-state index contributed by atoms with van der Waals surface area (Å²) in [5, 5.41) is 49.2. The first-order chi connectivity index (χ1) is 14.4. The molecule has 0 aliphatic rings. The molecule has 15 nitrogen and oxygen atoms in total. The van der Waals surface area contributed by atoms with E-state index in [9.17, 15) is 43.4 Å². The fourth-order valence-corrected chi connectivity index (χ4v) is 3.43. The van der Waals surface area contributed by atoms with Gasteiger partial charge < -0.3 is 21.4 Å². The number of hydrogen-bond donors (Lipinski definition) is 4. The zero-order valence-corrected chi connectivity index (χ0v) is 21.0. The van der Waals surface area contributed by atoms with Crippen molar-refractivity contribution in [2.75, 3.05) is 5.73 Å². The van der Waals surface area contributed by atoms with E-state index in [1.165, 1.54) is 6.07 Å². The predicted molar refractivity (Wildman–Crippen MR) is 109 cm³/mol. The maximum Gasteiger partial charge on any atom is 1.00 e. The van der Waals surface area contributed by atoms with Crippen LogP contribution < -0.4 is 35.3 Å². The largest absolute Gasteiger partial charge is 1.00 e. The molecular formula is C16H13CrN5NaO10S+. The number of nitrogen functional groups attached to an aromatic ring is 1. The van der Waals surface area contributed by atoms with Crippen molar-refractivity contribution >= 4 is 49.3 Å². The monoisotopic (exact) mass is 542 g/mol. The van der Waals surface area contributed by atoms with Crippen LogP contribution in [0, 0.1) is 20.2 Å². The van der Waals surface area contributed by atoms with Crippen LogP contribution in [-0.2, 0) is 27.5 Å². The van der Waals surface area contributed by atoms with Crippen LogP contribution in [0.2, 0.25) is 0 Å². The van der Waals surface area contributed by atoms with Gasteiger partial charge in [-0.15, -0.1) is 10.2 Å². The van der Waals surface area contributed by atoms with Crippen molar-refractivity contribution in [1.29, 1.82) is 0 Å². The molecule has 174 valence electrons. The molecule has 0 unspecified atom stereocenters. The van der Waals surface area contributed by atoms with Crippen LogP contribution in [-0.4, -0.2) is 38.5 Å². The molecule has 7 N–H and O–H groups in total. The van der Waals surface area contributed by atoms with E-state index in [0.29, 0.717) is 6.07 Å². The third kappa shape index (κ3) is 5.97. The molecule has 0 heterocycles. The molecular weight excluding hydrogens is 529 g/mol. The van der Waals surface area contributed by atoms with Crippen molar-refractivity contribution in [3.05, 3.63) is 56.6 Å². The summed E-state index contributed by atoms with van der Waals surface area (Å²) in [4.78, 5) is 19.5. The molecule has 34 heavy (non-hydrogen) atoms. The van der Waals surface area contributed by atoms with E-state index in [0.717, 1.165) is 24.3 Å². The number of nitrogens with zero attached hydrogens (tertiary/aromatic N) is 4. The molecule has 0 bridgehead atoms. The maximum atomic E-state index is 11.5. The van der Waals surface area contributed by atoms with Gasteiger partial charge in [0.25, 0.3) is 15.8 Å². The van der Waals surface area contributed by atoms with E-state index < -0.39 is 53.4 Å². The minimum Gasteiger partial charge on any atom is -0.505 e. The molecule has 0 saturated heterocycles. The Morgan fingerprint density at radius 3 is 2.03 bits per heavy atom. The van der Waals surface area contributed by atoms with Gasteiger partial charge in [-0.05, 0) is 18.2 Å². The Morgan fingerprint density at radius 1 is 0.912 bits per heavy atom. The Hall–Kier alpha value is -2.88. The van der Waals surface area contributed by atoms with Crippen LogP contribution in [0.3, 0.4) is 0 Å². The molecule has 0 saturated carbocycles. The Labute approximate surface area is 222 Å². The number of aromatic hydroxyl groups is 2. The Balaban J connectivity index is 0.00000363. The Bertz CT molecular complexity index is 1420. The summed E-state index contributed by atoms with van der Waals surface area (Å²) >= 11 is 0. The van der Waals surface area contributed by atoms with Gasteiger partial charge in [0, 0.05) is 34.5 Å². The topological polar surface area (TPSA) is 263 Å². The second-order valence-corrected chi connectivity index (χ2v) is 7.42. The average molecular weight is 542 g/mol. The number of anilines is 1. The number of rotatable bonds is 5. The number of phenols is 2. The van der Waals surface area contributed by atoms with Crippen LogP contribution in [0.5, 0.6) is 11.5 Å². The van der Waals surface area contributed by atoms with Gasteiger partial charge in [-0.2, -0.15) is 8.42 Å². The van der Waals surface area contributed by atoms with Crippen molar-refractivity contribution in [3.63, 3.8) is 0 Å². The molecule has 18 heteroatoms. The number of phenolic OH excluding ortho intramolecular Hbond substituents is 2. The van der Waals surface area contributed by atoms with Gasteiger partial charge in [-0.3, -0.25) is 24.8 Å². The van der Waals surface area contributed by atoms with Crippen LogP contribution >= 0.6 is 0 Å². The molecule has 0 radical (unpaired) electrons. The fourth-order valence-electron chi connectivity index (χ4n) is 2.74. The molecule has 3 rings (SSSR count). The zero-order valence-electron chi connectivity index (χ0n) is 16.9. The summed E-state index contributed by atoms with van der Waals surface area (Å²) in [5.41, 5.74) is 3.07. The summed E-state index contributed by atoms with van der Waals surface area (Å²) in [7, 11) is -4.64. The van der Waals surface area contributed by atoms with Crippen molar-refractivity contribution < 1.29 is 85.4 Å². The van der Waals surface area contributed by atoms with E-state index in [2.05, 4.69) is 10.2 Å². The number of fused-ring (bicyclic) bond motifs is 1. The van der Waals surface area contributed by atoms with Crippen LogP contribution in [0.4, 0.5) is 28.4 Å². The molecule has 0 aliphatic carbocycles. The Morgan fingerprint density at radius 2 is 1.50 bits per heavy atom. The molecule has 0 aliphatic heterocycles. The zero-order chi connectivity index (χ0) is 23.1. The third-order valence-corrected chi connectivity index (χ3v) is 5.04. The number of nitro groups is 2. The first-order valence-electron chi connectivity index (χ1n) is 8.01. The summed E-state index contributed by atoms with van der Waals surface area (Å²) in [6.45, 7) is 0. The first-order valence-corrected chi connectivity index (χ1v) is 9.45. The molecule has 0 amide bonds. The summed E-state index contributed by atoms with van der Waals surface area (Å²) in [6, 6.07) is 5.70. The minimum absolute atomic E-state index is 0. The van der Waals surface area contributed by atoms with Crippen molar-refractivity contribution in [2.45, 2.75) is 4.90 Å². The van der Waals surface area contributed by atoms with E-state index in [1.54, 1.807) is 0 Å². The summed E-state index contributed by atoms with van der Waals surface area (Å²) in [5.74, 6) is -1.64. The first kappa shape index (κ1) is 31.1. The SMILES string of the molecule is Nc1ccc(S(=O)(=O)O)c2ccc(N=Nc3cc([N+](=O)[O-])cc([N+](=O)[O-])c3O)c(O)c12.O.[Cr].[Na+]. The van der Waals surface area contributed by atoms with Gasteiger partial charge in [0.1, 0.15) is 16.3 Å². The number of benzene rings is 3. The van der Waals surface area contributed by atoms with E-state index in [1.807, 2.05) is 0 Å². The standard InChI is InChI=1S/C16H11N5O9S.Cr.Na.H2O/c17-9-2-4-13(31(28,29)30)8-1-3-10(16(23)14(8)9)18-19-11-5-7(20(24)25)6-12(15(11)22)21(26)27;;;/h1-6,22-23H,17H2,(H,28,29,30);;;1H2/q;;+1;. The number of hydrogen-bond acceptors (Lipinski definition) is 11. The predicted octanol–water partition coefficient (Wildman–Crippen LogP) is -0.511. The number of nitro benzene ring substituents is 2. The van der Waals surface area contributed by atoms with E-state index >= 15 is 0 Å². The summed E-state index contributed by atoms with van der Waals surface area (Å²) in [6.07, 6.45) is 0. The van der Waals surface area contributed by atoms with Crippen LogP contribution in [0.15, 0.2) is 51.5 Å². The van der Waals surface area contributed by atoms with Crippen LogP contribution in [0.1, 0.15) is 0 Å². The molecule has 3 aromatic carbocycles. The second-order valence-electron chi connectivity index (χ2n) is 6.03. The number of azo groups is 1.